The largest absolute Gasteiger partial charge is 0.463 e. The van der Waals surface area contributed by atoms with E-state index < -0.39 is 0 Å². The lowest BCUT2D eigenvalue weighted by molar-refractivity contribution is 0.224. The minimum Gasteiger partial charge on any atom is -0.463 e. The maximum absolute atomic E-state index is 13.4. The van der Waals surface area contributed by atoms with Gasteiger partial charge in [0, 0.05) is 13.1 Å². The molecule has 2 N–H and O–H groups in total. The average molecular weight is 325 g/mol. The van der Waals surface area contributed by atoms with E-state index in [1.165, 1.54) is 23.3 Å². The van der Waals surface area contributed by atoms with Gasteiger partial charge < -0.3 is 15.4 Å². The molecule has 0 amide bonds. The molecular weight excluding hydrogens is 305 g/mol. The Labute approximate surface area is 140 Å². The highest BCUT2D eigenvalue weighted by Gasteiger charge is 2.34. The van der Waals surface area contributed by atoms with Crippen LogP contribution < -0.4 is 5.73 Å². The monoisotopic (exact) mass is 325 g/mol. The third-order valence-electron chi connectivity index (χ3n) is 4.68. The molecule has 0 aromatic heterocycles. The summed E-state index contributed by atoms with van der Waals surface area (Å²) in [6.45, 7) is 1.82. The zero-order valence-corrected chi connectivity index (χ0v) is 13.4. The molecule has 0 spiro atoms. The Bertz CT molecular complexity index is 759. The average Bonchev–Trinajstić information content (AvgIpc) is 3.10. The van der Waals surface area contributed by atoms with Crippen molar-refractivity contribution < 1.29 is 9.13 Å². The van der Waals surface area contributed by atoms with Crippen LogP contribution in [0.5, 0.6) is 0 Å². The molecule has 4 rings (SSSR count). The lowest BCUT2D eigenvalue weighted by atomic mass is 9.88. The number of halogens is 1. The van der Waals surface area contributed by atoms with Gasteiger partial charge in [-0.05, 0) is 35.2 Å². The van der Waals surface area contributed by atoms with Crippen LogP contribution in [0.1, 0.15) is 22.7 Å². The lowest BCUT2D eigenvalue weighted by Crippen LogP contribution is -2.40. The van der Waals surface area contributed by atoms with Crippen molar-refractivity contribution in [2.45, 2.75) is 18.5 Å². The third-order valence-corrected chi connectivity index (χ3v) is 4.68. The summed E-state index contributed by atoms with van der Waals surface area (Å²) in [7, 11) is 0. The molecule has 0 fully saturated rings. The number of hydrogen-bond acceptors (Lipinski definition) is 4. The van der Waals surface area contributed by atoms with Gasteiger partial charge in [0.05, 0.1) is 6.04 Å². The molecule has 0 radical (unpaired) electrons. The number of rotatable bonds is 2. The van der Waals surface area contributed by atoms with Crippen LogP contribution in [0, 0.1) is 5.82 Å². The van der Waals surface area contributed by atoms with Gasteiger partial charge in [-0.3, -0.25) is 0 Å². The van der Waals surface area contributed by atoms with Crippen LogP contribution in [-0.4, -0.2) is 36.7 Å². The molecule has 2 aliphatic rings. The van der Waals surface area contributed by atoms with Gasteiger partial charge in [-0.1, -0.05) is 36.4 Å². The van der Waals surface area contributed by atoms with Crippen molar-refractivity contribution in [1.82, 2.24) is 4.90 Å². The molecule has 0 unspecified atom stereocenters. The number of nitrogens with zero attached hydrogens (tertiary/aromatic N) is 2. The van der Waals surface area contributed by atoms with Crippen molar-refractivity contribution >= 4 is 6.02 Å². The molecule has 2 atom stereocenters. The van der Waals surface area contributed by atoms with Crippen molar-refractivity contribution in [2.75, 3.05) is 19.7 Å². The van der Waals surface area contributed by atoms with E-state index in [0.717, 1.165) is 18.5 Å². The number of nitrogens with two attached hydrogens (primary N) is 1. The number of aliphatic imine (C=N–C) groups is 1. The first-order valence-corrected chi connectivity index (χ1v) is 8.27. The minimum atomic E-state index is -0.230. The molecule has 0 bridgehead atoms. The van der Waals surface area contributed by atoms with Crippen LogP contribution in [0.4, 0.5) is 4.39 Å². The quantitative estimate of drug-likeness (QED) is 0.923. The summed E-state index contributed by atoms with van der Waals surface area (Å²) in [5, 5.41) is 0. The van der Waals surface area contributed by atoms with Crippen LogP contribution in [0.2, 0.25) is 0 Å². The van der Waals surface area contributed by atoms with Gasteiger partial charge in [-0.15, -0.1) is 0 Å². The van der Waals surface area contributed by atoms with Crippen LogP contribution in [0.25, 0.3) is 0 Å². The number of benzene rings is 2. The molecule has 5 heteroatoms. The lowest BCUT2D eigenvalue weighted by Gasteiger charge is -2.38. The first kappa shape index (κ1) is 15.1. The highest BCUT2D eigenvalue weighted by Crippen LogP contribution is 2.36. The van der Waals surface area contributed by atoms with Crippen LogP contribution >= 0.6 is 0 Å². The van der Waals surface area contributed by atoms with Gasteiger partial charge in [0.25, 0.3) is 6.02 Å². The summed E-state index contributed by atoms with van der Waals surface area (Å²) in [5.74, 6) is -0.230. The summed E-state index contributed by atoms with van der Waals surface area (Å²) >= 11 is 0. The van der Waals surface area contributed by atoms with Crippen molar-refractivity contribution in [3.63, 3.8) is 0 Å². The molecule has 0 saturated carbocycles. The Hall–Kier alpha value is -2.40. The van der Waals surface area contributed by atoms with E-state index >= 15 is 0 Å². The van der Waals surface area contributed by atoms with E-state index in [1.54, 1.807) is 0 Å². The van der Waals surface area contributed by atoms with E-state index in [4.69, 9.17) is 10.5 Å². The number of ether oxygens (including phenoxy) is 1. The predicted molar refractivity (Wildman–Crippen MR) is 91.3 cm³/mol. The van der Waals surface area contributed by atoms with Gasteiger partial charge in [-0.2, -0.15) is 0 Å². The zero-order valence-electron chi connectivity index (χ0n) is 13.4. The van der Waals surface area contributed by atoms with Crippen molar-refractivity contribution in [2.24, 2.45) is 10.7 Å². The first-order valence-electron chi connectivity index (χ1n) is 8.27. The standard InChI is InChI=1S/C19H20FN3O/c20-15-7-5-14(6-8-15)18-17-4-2-1-3-13(17)9-10-23(18)19-22-16(11-21)12-24-19/h1-8,16,18H,9-12,21H2/t16-,18-/m0/s1. The van der Waals surface area contributed by atoms with E-state index in [2.05, 4.69) is 28.1 Å². The van der Waals surface area contributed by atoms with E-state index in [-0.39, 0.29) is 17.9 Å². The SMILES string of the molecule is NC[C@H]1COC(N2CCc3ccccc3[C@@H]2c2ccc(F)cc2)=N1. The smallest absolute Gasteiger partial charge is 0.288 e. The summed E-state index contributed by atoms with van der Waals surface area (Å²) in [5.41, 5.74) is 9.29. The maximum Gasteiger partial charge on any atom is 0.288 e. The van der Waals surface area contributed by atoms with Gasteiger partial charge in [0.15, 0.2) is 0 Å². The van der Waals surface area contributed by atoms with Crippen molar-refractivity contribution in [3.8, 4) is 0 Å². The van der Waals surface area contributed by atoms with E-state index in [1.807, 2.05) is 18.2 Å². The summed E-state index contributed by atoms with van der Waals surface area (Å²) in [6.07, 6.45) is 0.934. The van der Waals surface area contributed by atoms with Gasteiger partial charge in [0.1, 0.15) is 18.5 Å². The summed E-state index contributed by atoms with van der Waals surface area (Å²) in [6, 6.07) is 15.7. The molecule has 24 heavy (non-hydrogen) atoms. The van der Waals surface area contributed by atoms with Crippen LogP contribution in [0.15, 0.2) is 53.5 Å². The Morgan fingerprint density at radius 1 is 1.17 bits per heavy atom. The fourth-order valence-electron chi connectivity index (χ4n) is 3.46. The molecule has 124 valence electrons. The Kier molecular flexibility index (Phi) is 3.94. The summed E-state index contributed by atoms with van der Waals surface area (Å²) in [4.78, 5) is 6.79. The van der Waals surface area contributed by atoms with Crippen LogP contribution in [-0.2, 0) is 11.2 Å². The third kappa shape index (κ3) is 2.65. The topological polar surface area (TPSA) is 50.9 Å². The number of hydrogen-bond donors (Lipinski definition) is 1. The molecule has 0 saturated heterocycles. The first-order chi connectivity index (χ1) is 11.8. The number of fused-ring (bicyclic) bond motifs is 1. The second kappa shape index (κ2) is 6.24. The fraction of sp³-hybridized carbons (Fsp3) is 0.316. The maximum atomic E-state index is 13.4. The van der Waals surface area contributed by atoms with Gasteiger partial charge in [-0.25, -0.2) is 9.38 Å². The van der Waals surface area contributed by atoms with Crippen molar-refractivity contribution in [3.05, 3.63) is 71.0 Å². The Morgan fingerprint density at radius 2 is 1.96 bits per heavy atom. The van der Waals surface area contributed by atoms with E-state index in [9.17, 15) is 4.39 Å². The van der Waals surface area contributed by atoms with E-state index in [0.29, 0.717) is 19.2 Å². The van der Waals surface area contributed by atoms with Gasteiger partial charge in [0.2, 0.25) is 0 Å². The molecule has 2 aliphatic heterocycles. The molecule has 0 aliphatic carbocycles. The summed E-state index contributed by atoms with van der Waals surface area (Å²) < 4.78 is 19.2. The number of amidine groups is 1. The fourth-order valence-corrected chi connectivity index (χ4v) is 3.46. The highest BCUT2D eigenvalue weighted by molar-refractivity contribution is 5.77. The molecular formula is C19H20FN3O. The minimum absolute atomic E-state index is 0.0195. The van der Waals surface area contributed by atoms with Gasteiger partial charge >= 0.3 is 0 Å². The molecule has 2 heterocycles. The second-order valence-corrected chi connectivity index (χ2v) is 6.21. The second-order valence-electron chi connectivity index (χ2n) is 6.21. The zero-order chi connectivity index (χ0) is 16.5. The predicted octanol–water partition coefficient (Wildman–Crippen LogP) is 2.49. The molecule has 2 aromatic carbocycles. The Morgan fingerprint density at radius 3 is 2.71 bits per heavy atom. The van der Waals surface area contributed by atoms with Crippen LogP contribution in [0.3, 0.4) is 0 Å². The highest BCUT2D eigenvalue weighted by atomic mass is 19.1. The normalized spacial score (nSPS) is 22.8. The molecule has 2 aromatic rings. The van der Waals surface area contributed by atoms with Crippen molar-refractivity contribution in [1.29, 1.82) is 0 Å². The Balaban J connectivity index is 1.77. The molecule has 4 nitrogen and oxygen atoms in total.